The van der Waals surface area contributed by atoms with Gasteiger partial charge in [-0.15, -0.1) is 0 Å². The van der Waals surface area contributed by atoms with Crippen LogP contribution in [0.5, 0.6) is 0 Å². The van der Waals surface area contributed by atoms with Gasteiger partial charge in [0.2, 0.25) is 0 Å². The molecule has 0 aliphatic heterocycles. The quantitative estimate of drug-likeness (QED) is 0.818. The first-order valence-electron chi connectivity index (χ1n) is 6.20. The van der Waals surface area contributed by atoms with Crippen LogP contribution < -0.4 is 0 Å². The van der Waals surface area contributed by atoms with Crippen molar-refractivity contribution < 1.29 is 0 Å². The van der Waals surface area contributed by atoms with Gasteiger partial charge in [-0.3, -0.25) is 0 Å². The van der Waals surface area contributed by atoms with E-state index in [4.69, 9.17) is 4.98 Å². The molecule has 1 N–H and O–H groups in total. The molecule has 0 saturated heterocycles. The van der Waals surface area contributed by atoms with Crippen LogP contribution in [0.2, 0.25) is 0 Å². The van der Waals surface area contributed by atoms with E-state index in [1.54, 1.807) is 0 Å². The zero-order chi connectivity index (χ0) is 12.0. The second-order valence-corrected chi connectivity index (χ2v) is 5.29. The molecule has 4 heteroatoms. The highest BCUT2D eigenvalue weighted by atomic mass is 15.1. The molecule has 17 heavy (non-hydrogen) atoms. The van der Waals surface area contributed by atoms with E-state index in [1.807, 2.05) is 24.1 Å². The molecule has 0 radical (unpaired) electrons. The van der Waals surface area contributed by atoms with Gasteiger partial charge >= 0.3 is 0 Å². The smallest absolute Gasteiger partial charge is 0.156 e. The average Bonchev–Trinajstić information content (AvgIpc) is 2.83. The zero-order valence-corrected chi connectivity index (χ0v) is 10.6. The minimum Gasteiger partial charge on any atom is -0.340 e. The molecule has 2 aromatic rings. The number of fused-ring (bicyclic) bond motifs is 1. The summed E-state index contributed by atoms with van der Waals surface area (Å²) in [4.78, 5) is 12.4. The number of nitrogens with one attached hydrogen (secondary N) is 1. The molecule has 0 bridgehead atoms. The first kappa shape index (κ1) is 10.6. The summed E-state index contributed by atoms with van der Waals surface area (Å²) >= 11 is 0. The summed E-state index contributed by atoms with van der Waals surface area (Å²) in [7, 11) is 2.00. The highest BCUT2D eigenvalue weighted by molar-refractivity contribution is 5.50. The van der Waals surface area contributed by atoms with E-state index in [0.717, 1.165) is 23.9 Å². The maximum absolute atomic E-state index is 4.75. The van der Waals surface area contributed by atoms with Gasteiger partial charge in [0.05, 0.1) is 18.2 Å². The molecule has 1 aliphatic rings. The van der Waals surface area contributed by atoms with Crippen LogP contribution in [0.25, 0.3) is 11.5 Å². The minimum absolute atomic E-state index is 0.562. The van der Waals surface area contributed by atoms with Crippen LogP contribution in [0.1, 0.15) is 37.6 Å². The van der Waals surface area contributed by atoms with Crippen molar-refractivity contribution in [3.05, 3.63) is 23.9 Å². The van der Waals surface area contributed by atoms with Gasteiger partial charge in [-0.1, -0.05) is 13.8 Å². The van der Waals surface area contributed by atoms with E-state index in [0.29, 0.717) is 5.92 Å². The third-order valence-corrected chi connectivity index (χ3v) is 3.65. The fourth-order valence-corrected chi connectivity index (χ4v) is 2.84. The number of aryl methyl sites for hydroxylation is 1. The summed E-state index contributed by atoms with van der Waals surface area (Å²) in [5.41, 5.74) is 3.62. The van der Waals surface area contributed by atoms with E-state index in [2.05, 4.69) is 23.8 Å². The van der Waals surface area contributed by atoms with Crippen LogP contribution in [0.3, 0.4) is 0 Å². The molecule has 0 spiro atoms. The van der Waals surface area contributed by atoms with Crippen LogP contribution in [0.15, 0.2) is 12.5 Å². The molecular formula is C13H18N4. The zero-order valence-electron chi connectivity index (χ0n) is 10.6. The van der Waals surface area contributed by atoms with Crippen molar-refractivity contribution in [1.82, 2.24) is 19.5 Å². The van der Waals surface area contributed by atoms with Crippen LogP contribution in [0.4, 0.5) is 0 Å². The Bertz CT molecular complexity index is 537. The Morgan fingerprint density at radius 2 is 2.24 bits per heavy atom. The van der Waals surface area contributed by atoms with Gasteiger partial charge in [-0.2, -0.15) is 0 Å². The lowest BCUT2D eigenvalue weighted by molar-refractivity contribution is 0.440. The second-order valence-electron chi connectivity index (χ2n) is 5.29. The van der Waals surface area contributed by atoms with Crippen molar-refractivity contribution in [3.63, 3.8) is 0 Å². The first-order valence-corrected chi connectivity index (χ1v) is 6.20. The standard InChI is InChI=1S/C13H18N4/c1-8-4-9(2)12-10(5-8)15-13(16-12)11-6-14-7-17(11)3/h6-9H,4-5H2,1-3H3,(H,15,16). The number of aromatic amines is 1. The molecule has 0 fully saturated rings. The maximum atomic E-state index is 4.75. The summed E-state index contributed by atoms with van der Waals surface area (Å²) in [5, 5.41) is 0. The van der Waals surface area contributed by atoms with Gasteiger partial charge in [-0.25, -0.2) is 9.97 Å². The largest absolute Gasteiger partial charge is 0.340 e. The number of hydrogen-bond acceptors (Lipinski definition) is 2. The van der Waals surface area contributed by atoms with Crippen molar-refractivity contribution in [2.75, 3.05) is 0 Å². The fourth-order valence-electron chi connectivity index (χ4n) is 2.84. The summed E-state index contributed by atoms with van der Waals surface area (Å²) in [6.07, 6.45) is 6.02. The van der Waals surface area contributed by atoms with E-state index in [-0.39, 0.29) is 0 Å². The van der Waals surface area contributed by atoms with Crippen molar-refractivity contribution in [2.45, 2.75) is 32.6 Å². The number of imidazole rings is 2. The molecule has 2 aromatic heterocycles. The molecular weight excluding hydrogens is 212 g/mol. The van der Waals surface area contributed by atoms with E-state index < -0.39 is 0 Å². The molecule has 0 saturated carbocycles. The van der Waals surface area contributed by atoms with E-state index >= 15 is 0 Å². The van der Waals surface area contributed by atoms with E-state index in [9.17, 15) is 0 Å². The second kappa shape index (κ2) is 3.72. The lowest BCUT2D eigenvalue weighted by Gasteiger charge is -2.22. The summed E-state index contributed by atoms with van der Waals surface area (Å²) in [6.45, 7) is 4.58. The molecule has 90 valence electrons. The number of nitrogens with zero attached hydrogens (tertiary/aromatic N) is 3. The number of aromatic nitrogens is 4. The normalized spacial score (nSPS) is 23.7. The highest BCUT2D eigenvalue weighted by Crippen LogP contribution is 2.34. The first-order chi connectivity index (χ1) is 8.15. The van der Waals surface area contributed by atoms with Crippen molar-refractivity contribution in [3.8, 4) is 11.5 Å². The van der Waals surface area contributed by atoms with Crippen LogP contribution in [-0.4, -0.2) is 19.5 Å². The molecule has 0 amide bonds. The van der Waals surface area contributed by atoms with Gasteiger partial charge in [-0.05, 0) is 18.8 Å². The molecule has 1 aliphatic carbocycles. The Morgan fingerprint density at radius 1 is 1.41 bits per heavy atom. The van der Waals surface area contributed by atoms with Gasteiger partial charge < -0.3 is 9.55 Å². The van der Waals surface area contributed by atoms with Gasteiger partial charge in [0.15, 0.2) is 5.82 Å². The van der Waals surface area contributed by atoms with Gasteiger partial charge in [0, 0.05) is 18.7 Å². The van der Waals surface area contributed by atoms with Crippen LogP contribution in [0, 0.1) is 5.92 Å². The summed E-state index contributed by atoms with van der Waals surface area (Å²) in [5.74, 6) is 2.26. The van der Waals surface area contributed by atoms with Crippen LogP contribution >= 0.6 is 0 Å². The fraction of sp³-hybridized carbons (Fsp3) is 0.538. The SMILES string of the molecule is CC1Cc2[nH]c(-c3cncn3C)nc2C(C)C1. The van der Waals surface area contributed by atoms with Gasteiger partial charge in [0.25, 0.3) is 0 Å². The lowest BCUT2D eigenvalue weighted by Crippen LogP contribution is -2.14. The molecule has 0 aromatic carbocycles. The summed E-state index contributed by atoms with van der Waals surface area (Å²) in [6, 6.07) is 0. The Balaban J connectivity index is 2.05. The Hall–Kier alpha value is -1.58. The average molecular weight is 230 g/mol. The third kappa shape index (κ3) is 1.68. The molecule has 3 rings (SSSR count). The maximum Gasteiger partial charge on any atom is 0.156 e. The Kier molecular flexibility index (Phi) is 2.31. The van der Waals surface area contributed by atoms with Crippen molar-refractivity contribution >= 4 is 0 Å². The van der Waals surface area contributed by atoms with Crippen LogP contribution in [-0.2, 0) is 13.5 Å². The monoisotopic (exact) mass is 230 g/mol. The summed E-state index contributed by atoms with van der Waals surface area (Å²) < 4.78 is 2.00. The van der Waals surface area contributed by atoms with E-state index in [1.165, 1.54) is 17.8 Å². The van der Waals surface area contributed by atoms with Crippen molar-refractivity contribution in [2.24, 2.45) is 13.0 Å². The Morgan fingerprint density at radius 3 is 2.94 bits per heavy atom. The molecule has 2 heterocycles. The number of rotatable bonds is 1. The van der Waals surface area contributed by atoms with Gasteiger partial charge in [0.1, 0.15) is 5.69 Å². The highest BCUT2D eigenvalue weighted by Gasteiger charge is 2.25. The minimum atomic E-state index is 0.562. The molecule has 4 nitrogen and oxygen atoms in total. The Labute approximate surface area is 101 Å². The lowest BCUT2D eigenvalue weighted by atomic mass is 9.84. The van der Waals surface area contributed by atoms with Crippen molar-refractivity contribution in [1.29, 1.82) is 0 Å². The molecule has 2 unspecified atom stereocenters. The number of H-pyrrole nitrogens is 1. The third-order valence-electron chi connectivity index (χ3n) is 3.65. The topological polar surface area (TPSA) is 46.5 Å². The molecule has 2 atom stereocenters. The predicted octanol–water partition coefficient (Wildman–Crippen LogP) is 2.50. The number of hydrogen-bond donors (Lipinski definition) is 1. The predicted molar refractivity (Wildman–Crippen MR) is 66.7 cm³/mol.